The highest BCUT2D eigenvalue weighted by Crippen LogP contribution is 2.32. The van der Waals surface area contributed by atoms with Crippen molar-refractivity contribution in [2.45, 2.75) is 25.7 Å². The standard InChI is InChI=1S/C13H18N2O2/c1-13(2,8-14)9-3-4-11-10(7-9)15-12(16)5-6-17-11/h3-4,7H,5-6,8,14H2,1-2H3,(H,15,16). The first-order valence-electron chi connectivity index (χ1n) is 5.80. The summed E-state index contributed by atoms with van der Waals surface area (Å²) in [5.41, 5.74) is 7.49. The summed E-state index contributed by atoms with van der Waals surface area (Å²) in [5.74, 6) is 0.721. The molecule has 92 valence electrons. The van der Waals surface area contributed by atoms with Crippen molar-refractivity contribution in [1.82, 2.24) is 0 Å². The van der Waals surface area contributed by atoms with Gasteiger partial charge in [0.05, 0.1) is 18.7 Å². The number of rotatable bonds is 2. The van der Waals surface area contributed by atoms with Crippen molar-refractivity contribution in [1.29, 1.82) is 0 Å². The van der Waals surface area contributed by atoms with Crippen LogP contribution in [0.2, 0.25) is 0 Å². The van der Waals surface area contributed by atoms with Crippen molar-refractivity contribution in [2.24, 2.45) is 5.73 Å². The number of hydrogen-bond acceptors (Lipinski definition) is 3. The number of amides is 1. The van der Waals surface area contributed by atoms with Gasteiger partial charge in [0.1, 0.15) is 5.75 Å². The maximum atomic E-state index is 11.5. The molecule has 0 saturated heterocycles. The maximum absolute atomic E-state index is 11.5. The normalized spacial score (nSPS) is 15.6. The van der Waals surface area contributed by atoms with Crippen LogP contribution in [-0.4, -0.2) is 19.1 Å². The van der Waals surface area contributed by atoms with E-state index < -0.39 is 0 Å². The minimum Gasteiger partial charge on any atom is -0.491 e. The molecule has 4 nitrogen and oxygen atoms in total. The Bertz CT molecular complexity index is 441. The fraction of sp³-hybridized carbons (Fsp3) is 0.462. The van der Waals surface area contributed by atoms with Gasteiger partial charge >= 0.3 is 0 Å². The molecule has 1 aliphatic rings. The number of carbonyl (C=O) groups excluding carboxylic acids is 1. The Morgan fingerprint density at radius 2 is 2.24 bits per heavy atom. The van der Waals surface area contributed by atoms with Crippen molar-refractivity contribution in [3.05, 3.63) is 23.8 Å². The summed E-state index contributed by atoms with van der Waals surface area (Å²) < 4.78 is 5.51. The molecule has 0 spiro atoms. The van der Waals surface area contributed by atoms with Crippen LogP contribution in [0.4, 0.5) is 5.69 Å². The Labute approximate surface area is 101 Å². The van der Waals surface area contributed by atoms with Gasteiger partial charge in [-0.2, -0.15) is 0 Å². The van der Waals surface area contributed by atoms with Gasteiger partial charge in [-0.05, 0) is 17.7 Å². The van der Waals surface area contributed by atoms with Gasteiger partial charge in [-0.3, -0.25) is 4.79 Å². The minimum absolute atomic E-state index is 0.00791. The summed E-state index contributed by atoms with van der Waals surface area (Å²) in [6.07, 6.45) is 0.393. The summed E-state index contributed by atoms with van der Waals surface area (Å²) in [6, 6.07) is 5.85. The number of anilines is 1. The van der Waals surface area contributed by atoms with Crippen molar-refractivity contribution < 1.29 is 9.53 Å². The van der Waals surface area contributed by atoms with Gasteiger partial charge in [0.2, 0.25) is 5.91 Å². The maximum Gasteiger partial charge on any atom is 0.227 e. The molecule has 0 unspecified atom stereocenters. The van der Waals surface area contributed by atoms with E-state index in [2.05, 4.69) is 19.2 Å². The Kier molecular flexibility index (Phi) is 3.07. The second-order valence-corrected chi connectivity index (χ2v) is 4.95. The number of benzene rings is 1. The molecule has 3 N–H and O–H groups in total. The number of hydrogen-bond donors (Lipinski definition) is 2. The van der Waals surface area contributed by atoms with Crippen LogP contribution in [0, 0.1) is 0 Å². The van der Waals surface area contributed by atoms with E-state index in [9.17, 15) is 4.79 Å². The number of carbonyl (C=O) groups is 1. The summed E-state index contributed by atoms with van der Waals surface area (Å²) >= 11 is 0. The Hall–Kier alpha value is -1.55. The molecular weight excluding hydrogens is 216 g/mol. The predicted molar refractivity (Wildman–Crippen MR) is 67.3 cm³/mol. The van der Waals surface area contributed by atoms with Crippen molar-refractivity contribution in [3.63, 3.8) is 0 Å². The average Bonchev–Trinajstić information content (AvgIpc) is 2.48. The monoisotopic (exact) mass is 234 g/mol. The smallest absolute Gasteiger partial charge is 0.227 e. The largest absolute Gasteiger partial charge is 0.491 e. The molecule has 0 bridgehead atoms. The van der Waals surface area contributed by atoms with Crippen LogP contribution < -0.4 is 15.8 Å². The van der Waals surface area contributed by atoms with Crippen LogP contribution in [0.1, 0.15) is 25.8 Å². The summed E-state index contributed by atoms with van der Waals surface area (Å²) in [5, 5.41) is 2.85. The fourth-order valence-corrected chi connectivity index (χ4v) is 1.76. The van der Waals surface area contributed by atoms with E-state index in [1.807, 2.05) is 18.2 Å². The van der Waals surface area contributed by atoms with Gasteiger partial charge in [0, 0.05) is 12.0 Å². The first kappa shape index (κ1) is 11.9. The molecule has 2 rings (SSSR count). The Balaban J connectivity index is 2.39. The highest BCUT2D eigenvalue weighted by atomic mass is 16.5. The SMILES string of the molecule is CC(C)(CN)c1ccc2c(c1)NC(=O)CCO2. The Morgan fingerprint density at radius 1 is 1.47 bits per heavy atom. The molecule has 1 aromatic carbocycles. The van der Waals surface area contributed by atoms with E-state index in [1.165, 1.54) is 0 Å². The van der Waals surface area contributed by atoms with Gasteiger partial charge in [-0.25, -0.2) is 0 Å². The van der Waals surface area contributed by atoms with E-state index in [1.54, 1.807) is 0 Å². The highest BCUT2D eigenvalue weighted by molar-refractivity contribution is 5.93. The van der Waals surface area contributed by atoms with Crippen LogP contribution in [-0.2, 0) is 10.2 Å². The molecule has 1 heterocycles. The minimum atomic E-state index is -0.105. The molecule has 17 heavy (non-hydrogen) atoms. The lowest BCUT2D eigenvalue weighted by molar-refractivity contribution is -0.116. The zero-order valence-corrected chi connectivity index (χ0v) is 10.2. The zero-order valence-electron chi connectivity index (χ0n) is 10.2. The Morgan fingerprint density at radius 3 is 2.94 bits per heavy atom. The topological polar surface area (TPSA) is 64.3 Å². The summed E-state index contributed by atoms with van der Waals surface area (Å²) in [6.45, 7) is 5.14. The molecule has 0 radical (unpaired) electrons. The number of fused-ring (bicyclic) bond motifs is 1. The highest BCUT2D eigenvalue weighted by Gasteiger charge is 2.21. The first-order chi connectivity index (χ1) is 8.03. The van der Waals surface area contributed by atoms with Gasteiger partial charge in [0.15, 0.2) is 0 Å². The first-order valence-corrected chi connectivity index (χ1v) is 5.80. The third-order valence-electron chi connectivity index (χ3n) is 3.13. The molecular formula is C13H18N2O2. The molecule has 0 aliphatic carbocycles. The van der Waals surface area contributed by atoms with Crippen molar-refractivity contribution in [3.8, 4) is 5.75 Å². The molecule has 1 amide bonds. The molecule has 0 saturated carbocycles. The molecule has 4 heteroatoms. The van der Waals surface area contributed by atoms with Gasteiger partial charge in [-0.15, -0.1) is 0 Å². The van der Waals surface area contributed by atoms with Crippen LogP contribution in [0.15, 0.2) is 18.2 Å². The van der Waals surface area contributed by atoms with Crippen LogP contribution in [0.5, 0.6) is 5.75 Å². The lowest BCUT2D eigenvalue weighted by atomic mass is 9.84. The average molecular weight is 234 g/mol. The molecule has 0 atom stereocenters. The predicted octanol–water partition coefficient (Wildman–Crippen LogP) is 1.64. The van der Waals surface area contributed by atoms with Crippen molar-refractivity contribution in [2.75, 3.05) is 18.5 Å². The second-order valence-electron chi connectivity index (χ2n) is 4.95. The van der Waals surface area contributed by atoms with Crippen LogP contribution in [0.3, 0.4) is 0 Å². The third-order valence-corrected chi connectivity index (χ3v) is 3.13. The van der Waals surface area contributed by atoms with E-state index in [0.717, 1.165) is 17.0 Å². The molecule has 1 aliphatic heterocycles. The van der Waals surface area contributed by atoms with Crippen LogP contribution >= 0.6 is 0 Å². The van der Waals surface area contributed by atoms with E-state index in [4.69, 9.17) is 10.5 Å². The van der Waals surface area contributed by atoms with Gasteiger partial charge < -0.3 is 15.8 Å². The zero-order chi connectivity index (χ0) is 12.5. The lowest BCUT2D eigenvalue weighted by Gasteiger charge is -2.24. The lowest BCUT2D eigenvalue weighted by Crippen LogP contribution is -2.28. The van der Waals surface area contributed by atoms with Gasteiger partial charge in [0.25, 0.3) is 0 Å². The molecule has 1 aromatic rings. The third kappa shape index (κ3) is 2.42. The van der Waals surface area contributed by atoms with Crippen LogP contribution in [0.25, 0.3) is 0 Å². The summed E-state index contributed by atoms with van der Waals surface area (Å²) in [4.78, 5) is 11.5. The van der Waals surface area contributed by atoms with Crippen molar-refractivity contribution >= 4 is 11.6 Å². The molecule has 0 aromatic heterocycles. The van der Waals surface area contributed by atoms with E-state index >= 15 is 0 Å². The second kappa shape index (κ2) is 4.37. The van der Waals surface area contributed by atoms with Gasteiger partial charge in [-0.1, -0.05) is 19.9 Å². The van der Waals surface area contributed by atoms with E-state index in [0.29, 0.717) is 19.6 Å². The number of ether oxygens (including phenoxy) is 1. The molecule has 0 fully saturated rings. The number of nitrogens with two attached hydrogens (primary N) is 1. The number of nitrogens with one attached hydrogen (secondary N) is 1. The quantitative estimate of drug-likeness (QED) is 0.817. The summed E-state index contributed by atoms with van der Waals surface area (Å²) in [7, 11) is 0. The fourth-order valence-electron chi connectivity index (χ4n) is 1.76. The van der Waals surface area contributed by atoms with E-state index in [-0.39, 0.29) is 11.3 Å².